The fourth-order valence-electron chi connectivity index (χ4n) is 2.45. The van der Waals surface area contributed by atoms with Crippen LogP contribution in [0.2, 0.25) is 0 Å². The van der Waals surface area contributed by atoms with Crippen LogP contribution < -0.4 is 10.6 Å². The number of hydrogen-bond donors (Lipinski definition) is 2. The van der Waals surface area contributed by atoms with Gasteiger partial charge in [0, 0.05) is 43.8 Å². The molecule has 0 aliphatic rings. The van der Waals surface area contributed by atoms with Crippen molar-refractivity contribution in [3.8, 4) is 0 Å². The van der Waals surface area contributed by atoms with E-state index in [1.54, 1.807) is 23.5 Å². The van der Waals surface area contributed by atoms with Crippen LogP contribution in [0.4, 0.5) is 11.4 Å². The predicted molar refractivity (Wildman–Crippen MR) is 103 cm³/mol. The number of benzene rings is 2. The number of rotatable bonds is 8. The monoisotopic (exact) mass is 370 g/mol. The van der Waals surface area contributed by atoms with E-state index in [0.717, 1.165) is 20.9 Å². The average Bonchev–Trinajstić information content (AvgIpc) is 3.07. The molecular weight excluding hydrogens is 352 g/mol. The molecule has 0 atom stereocenters. The standard InChI is InChI=1S/C18H18N4O3S/c23-17(9-10-18-21-15-3-1-2-4-16(15)26-18)20-12-11-19-13-5-7-14(8-6-13)22(24)25/h1-8,19H,9-12H2,(H,20,23). The van der Waals surface area contributed by atoms with Gasteiger partial charge in [-0.15, -0.1) is 11.3 Å². The van der Waals surface area contributed by atoms with Crippen LogP contribution in [-0.2, 0) is 11.2 Å². The van der Waals surface area contributed by atoms with Crippen molar-refractivity contribution < 1.29 is 9.72 Å². The summed E-state index contributed by atoms with van der Waals surface area (Å²) in [6.45, 7) is 1.03. The Balaban J connectivity index is 1.36. The van der Waals surface area contributed by atoms with Crippen molar-refractivity contribution in [2.75, 3.05) is 18.4 Å². The minimum absolute atomic E-state index is 0.0187. The van der Waals surface area contributed by atoms with Crippen molar-refractivity contribution >= 4 is 38.8 Å². The molecule has 0 aliphatic carbocycles. The second-order valence-electron chi connectivity index (χ2n) is 5.66. The third kappa shape index (κ3) is 4.76. The quantitative estimate of drug-likeness (QED) is 0.360. The first-order chi connectivity index (χ1) is 12.6. The molecule has 26 heavy (non-hydrogen) atoms. The lowest BCUT2D eigenvalue weighted by molar-refractivity contribution is -0.384. The molecule has 1 heterocycles. The molecule has 0 saturated carbocycles. The van der Waals surface area contributed by atoms with Gasteiger partial charge in [-0.3, -0.25) is 14.9 Å². The van der Waals surface area contributed by atoms with E-state index in [-0.39, 0.29) is 11.6 Å². The van der Waals surface area contributed by atoms with Gasteiger partial charge >= 0.3 is 0 Å². The van der Waals surface area contributed by atoms with Gasteiger partial charge in [-0.25, -0.2) is 4.98 Å². The summed E-state index contributed by atoms with van der Waals surface area (Å²) in [6.07, 6.45) is 1.03. The average molecular weight is 370 g/mol. The van der Waals surface area contributed by atoms with Gasteiger partial charge < -0.3 is 10.6 Å². The highest BCUT2D eigenvalue weighted by Crippen LogP contribution is 2.22. The maximum absolute atomic E-state index is 11.9. The van der Waals surface area contributed by atoms with Gasteiger partial charge in [-0.1, -0.05) is 12.1 Å². The smallest absolute Gasteiger partial charge is 0.269 e. The van der Waals surface area contributed by atoms with E-state index < -0.39 is 4.92 Å². The van der Waals surface area contributed by atoms with Crippen LogP contribution >= 0.6 is 11.3 Å². The van der Waals surface area contributed by atoms with Crippen molar-refractivity contribution in [2.45, 2.75) is 12.8 Å². The lowest BCUT2D eigenvalue weighted by Crippen LogP contribution is -2.28. The minimum Gasteiger partial charge on any atom is -0.383 e. The molecule has 1 amide bonds. The maximum atomic E-state index is 11.9. The normalized spacial score (nSPS) is 10.6. The van der Waals surface area contributed by atoms with Gasteiger partial charge in [0.2, 0.25) is 5.91 Å². The number of nitro benzene ring substituents is 1. The minimum atomic E-state index is -0.435. The number of amides is 1. The van der Waals surface area contributed by atoms with E-state index in [1.165, 1.54) is 12.1 Å². The molecule has 0 bridgehead atoms. The molecular formula is C18H18N4O3S. The lowest BCUT2D eigenvalue weighted by atomic mass is 10.3. The second kappa shape index (κ2) is 8.39. The van der Waals surface area contributed by atoms with Crippen LogP contribution in [0.3, 0.4) is 0 Å². The number of aromatic nitrogens is 1. The maximum Gasteiger partial charge on any atom is 0.269 e. The molecule has 3 rings (SSSR count). The van der Waals surface area contributed by atoms with E-state index in [4.69, 9.17) is 0 Å². The largest absolute Gasteiger partial charge is 0.383 e. The second-order valence-corrected chi connectivity index (χ2v) is 6.77. The number of para-hydroxylation sites is 1. The summed E-state index contributed by atoms with van der Waals surface area (Å²) in [5.74, 6) is -0.0187. The molecule has 2 N–H and O–H groups in total. The number of hydrogen-bond acceptors (Lipinski definition) is 6. The van der Waals surface area contributed by atoms with E-state index in [9.17, 15) is 14.9 Å². The zero-order valence-electron chi connectivity index (χ0n) is 14.0. The molecule has 1 aromatic heterocycles. The van der Waals surface area contributed by atoms with Gasteiger partial charge in [-0.05, 0) is 24.3 Å². The van der Waals surface area contributed by atoms with Crippen molar-refractivity contribution in [1.29, 1.82) is 0 Å². The Bertz CT molecular complexity index is 875. The van der Waals surface area contributed by atoms with Crippen molar-refractivity contribution in [3.05, 3.63) is 63.7 Å². The number of anilines is 1. The zero-order chi connectivity index (χ0) is 18.4. The summed E-state index contributed by atoms with van der Waals surface area (Å²) >= 11 is 1.62. The predicted octanol–water partition coefficient (Wildman–Crippen LogP) is 3.37. The number of nitrogens with zero attached hydrogens (tertiary/aromatic N) is 2. The number of aryl methyl sites for hydroxylation is 1. The number of non-ortho nitro benzene ring substituents is 1. The SMILES string of the molecule is O=C(CCc1nc2ccccc2s1)NCCNc1ccc([N+](=O)[O-])cc1. The van der Waals surface area contributed by atoms with Crippen LogP contribution in [0.15, 0.2) is 48.5 Å². The van der Waals surface area contributed by atoms with Crippen molar-refractivity contribution in [2.24, 2.45) is 0 Å². The number of nitrogens with one attached hydrogen (secondary N) is 2. The highest BCUT2D eigenvalue weighted by molar-refractivity contribution is 7.18. The molecule has 8 heteroatoms. The van der Waals surface area contributed by atoms with Crippen LogP contribution in [0.25, 0.3) is 10.2 Å². The van der Waals surface area contributed by atoms with Gasteiger partial charge in [0.1, 0.15) is 0 Å². The number of thiazole rings is 1. The Morgan fingerprint density at radius 3 is 2.62 bits per heavy atom. The molecule has 3 aromatic rings. The molecule has 7 nitrogen and oxygen atoms in total. The first-order valence-corrected chi connectivity index (χ1v) is 9.03. The van der Waals surface area contributed by atoms with Gasteiger partial charge in [0.25, 0.3) is 5.69 Å². The third-order valence-electron chi connectivity index (χ3n) is 3.76. The Morgan fingerprint density at radius 1 is 1.12 bits per heavy atom. The van der Waals surface area contributed by atoms with Gasteiger partial charge in [-0.2, -0.15) is 0 Å². The molecule has 0 fully saturated rings. The summed E-state index contributed by atoms with van der Waals surface area (Å²) in [6, 6.07) is 14.1. The number of nitro groups is 1. The summed E-state index contributed by atoms with van der Waals surface area (Å²) in [5.41, 5.74) is 1.80. The zero-order valence-corrected chi connectivity index (χ0v) is 14.8. The van der Waals surface area contributed by atoms with Crippen LogP contribution in [0.1, 0.15) is 11.4 Å². The molecule has 0 spiro atoms. The summed E-state index contributed by atoms with van der Waals surface area (Å²) in [4.78, 5) is 26.6. The van der Waals surface area contributed by atoms with Crippen LogP contribution in [-0.4, -0.2) is 28.9 Å². The fourth-order valence-corrected chi connectivity index (χ4v) is 3.41. The summed E-state index contributed by atoms with van der Waals surface area (Å²) < 4.78 is 1.13. The van der Waals surface area contributed by atoms with Crippen LogP contribution in [0, 0.1) is 10.1 Å². The summed E-state index contributed by atoms with van der Waals surface area (Å²) in [7, 11) is 0. The van der Waals surface area contributed by atoms with E-state index in [2.05, 4.69) is 15.6 Å². The molecule has 0 aliphatic heterocycles. The first kappa shape index (κ1) is 17.8. The topological polar surface area (TPSA) is 97.2 Å². The third-order valence-corrected chi connectivity index (χ3v) is 4.85. The number of carbonyl (C=O) groups excluding carboxylic acids is 1. The Hall–Kier alpha value is -3.00. The Kier molecular flexibility index (Phi) is 5.75. The van der Waals surface area contributed by atoms with Crippen LogP contribution in [0.5, 0.6) is 0 Å². The van der Waals surface area contributed by atoms with Crippen molar-refractivity contribution in [3.63, 3.8) is 0 Å². The van der Waals surface area contributed by atoms with E-state index >= 15 is 0 Å². The van der Waals surface area contributed by atoms with Gasteiger partial charge in [0.15, 0.2) is 0 Å². The number of fused-ring (bicyclic) bond motifs is 1. The van der Waals surface area contributed by atoms with E-state index in [0.29, 0.717) is 25.9 Å². The highest BCUT2D eigenvalue weighted by atomic mass is 32.1. The number of carbonyl (C=O) groups is 1. The van der Waals surface area contributed by atoms with Gasteiger partial charge in [0.05, 0.1) is 20.1 Å². The summed E-state index contributed by atoms with van der Waals surface area (Å²) in [5, 5.41) is 17.5. The molecule has 0 unspecified atom stereocenters. The van der Waals surface area contributed by atoms with Crippen molar-refractivity contribution in [1.82, 2.24) is 10.3 Å². The molecule has 2 aromatic carbocycles. The molecule has 0 saturated heterocycles. The first-order valence-electron chi connectivity index (χ1n) is 8.21. The Labute approximate surface area is 154 Å². The molecule has 0 radical (unpaired) electrons. The lowest BCUT2D eigenvalue weighted by Gasteiger charge is -2.07. The highest BCUT2D eigenvalue weighted by Gasteiger charge is 2.07. The fraction of sp³-hybridized carbons (Fsp3) is 0.222. The van der Waals surface area contributed by atoms with E-state index in [1.807, 2.05) is 24.3 Å². The molecule has 134 valence electrons. The Morgan fingerprint density at radius 2 is 1.88 bits per heavy atom.